The molecular formula is C11H19N3O. The minimum Gasteiger partial charge on any atom is -0.388 e. The summed E-state index contributed by atoms with van der Waals surface area (Å²) in [5.41, 5.74) is 1.16. The molecule has 0 spiro atoms. The van der Waals surface area contributed by atoms with Crippen LogP contribution in [0.3, 0.4) is 0 Å². The van der Waals surface area contributed by atoms with Gasteiger partial charge in [0.05, 0.1) is 5.60 Å². The van der Waals surface area contributed by atoms with Crippen molar-refractivity contribution in [1.82, 2.24) is 9.97 Å². The Labute approximate surface area is 90.8 Å². The average molecular weight is 209 g/mol. The van der Waals surface area contributed by atoms with Crippen molar-refractivity contribution in [3.05, 3.63) is 17.5 Å². The molecule has 0 aliphatic rings. The average Bonchev–Trinajstić information content (AvgIpc) is 2.14. The van der Waals surface area contributed by atoms with Crippen molar-refractivity contribution in [2.45, 2.75) is 39.7 Å². The zero-order valence-corrected chi connectivity index (χ0v) is 9.83. The first-order chi connectivity index (χ1) is 6.93. The van der Waals surface area contributed by atoms with Gasteiger partial charge in [-0.1, -0.05) is 6.92 Å². The van der Waals surface area contributed by atoms with Crippen LogP contribution in [-0.2, 0) is 0 Å². The van der Waals surface area contributed by atoms with Gasteiger partial charge in [0.2, 0.25) is 5.95 Å². The maximum atomic E-state index is 9.81. The van der Waals surface area contributed by atoms with Gasteiger partial charge < -0.3 is 10.4 Å². The number of rotatable bonds is 4. The Bertz CT molecular complexity index is 316. The third-order valence-corrected chi connectivity index (χ3v) is 2.37. The summed E-state index contributed by atoms with van der Waals surface area (Å²) in [6.45, 7) is 8.06. The Kier molecular flexibility index (Phi) is 3.63. The van der Waals surface area contributed by atoms with E-state index in [0.717, 1.165) is 11.4 Å². The van der Waals surface area contributed by atoms with Crippen LogP contribution in [0, 0.1) is 13.8 Å². The van der Waals surface area contributed by atoms with E-state index in [1.165, 1.54) is 0 Å². The molecule has 1 heterocycles. The van der Waals surface area contributed by atoms with Gasteiger partial charge in [0.25, 0.3) is 0 Å². The molecule has 0 aliphatic heterocycles. The van der Waals surface area contributed by atoms with E-state index in [0.29, 0.717) is 18.9 Å². The highest BCUT2D eigenvalue weighted by Gasteiger charge is 2.17. The molecule has 84 valence electrons. The first-order valence-electron chi connectivity index (χ1n) is 5.21. The number of aromatic nitrogens is 2. The monoisotopic (exact) mass is 209 g/mol. The first kappa shape index (κ1) is 11.9. The lowest BCUT2D eigenvalue weighted by Crippen LogP contribution is -2.33. The third kappa shape index (κ3) is 3.83. The summed E-state index contributed by atoms with van der Waals surface area (Å²) in [5, 5.41) is 12.9. The molecule has 0 amide bonds. The molecule has 0 saturated carbocycles. The molecule has 1 aromatic heterocycles. The highest BCUT2D eigenvalue weighted by Crippen LogP contribution is 2.10. The molecule has 0 bridgehead atoms. The normalized spacial score (nSPS) is 14.7. The van der Waals surface area contributed by atoms with Crippen LogP contribution in [0.2, 0.25) is 0 Å². The van der Waals surface area contributed by atoms with Crippen molar-refractivity contribution >= 4 is 5.95 Å². The summed E-state index contributed by atoms with van der Waals surface area (Å²) in [6, 6.07) is 1.92. The predicted molar refractivity (Wildman–Crippen MR) is 60.9 cm³/mol. The third-order valence-electron chi connectivity index (χ3n) is 2.37. The minimum atomic E-state index is -0.707. The lowest BCUT2D eigenvalue weighted by atomic mass is 10.0. The van der Waals surface area contributed by atoms with E-state index in [9.17, 15) is 5.11 Å². The van der Waals surface area contributed by atoms with E-state index in [1.807, 2.05) is 26.8 Å². The van der Waals surface area contributed by atoms with Crippen LogP contribution < -0.4 is 5.32 Å². The summed E-state index contributed by atoms with van der Waals surface area (Å²) in [6.07, 6.45) is 0.699. The van der Waals surface area contributed by atoms with Gasteiger partial charge in [-0.25, -0.2) is 9.97 Å². The van der Waals surface area contributed by atoms with Crippen LogP contribution in [0.1, 0.15) is 31.7 Å². The molecule has 2 N–H and O–H groups in total. The largest absolute Gasteiger partial charge is 0.388 e. The summed E-state index contributed by atoms with van der Waals surface area (Å²) in [4.78, 5) is 8.48. The number of nitrogens with zero attached hydrogens (tertiary/aromatic N) is 2. The van der Waals surface area contributed by atoms with Gasteiger partial charge in [0.1, 0.15) is 0 Å². The molecule has 0 radical (unpaired) electrons. The standard InChI is InChI=1S/C11H19N3O/c1-5-11(4,15)7-12-10-13-8(2)6-9(3)14-10/h6,15H,5,7H2,1-4H3,(H,12,13,14). The van der Waals surface area contributed by atoms with E-state index in [2.05, 4.69) is 15.3 Å². The summed E-state index contributed by atoms with van der Waals surface area (Å²) >= 11 is 0. The van der Waals surface area contributed by atoms with Gasteiger partial charge in [0.15, 0.2) is 0 Å². The Balaban J connectivity index is 2.65. The molecule has 1 rings (SSSR count). The van der Waals surface area contributed by atoms with E-state index in [4.69, 9.17) is 0 Å². The lowest BCUT2D eigenvalue weighted by molar-refractivity contribution is 0.0695. The molecule has 1 unspecified atom stereocenters. The molecule has 0 aromatic carbocycles. The number of aliphatic hydroxyl groups is 1. The number of hydrogen-bond donors (Lipinski definition) is 2. The first-order valence-corrected chi connectivity index (χ1v) is 5.21. The second-order valence-electron chi connectivity index (χ2n) is 4.18. The Morgan fingerprint density at radius 2 is 1.87 bits per heavy atom. The van der Waals surface area contributed by atoms with Crippen molar-refractivity contribution in [2.24, 2.45) is 0 Å². The Morgan fingerprint density at radius 1 is 1.33 bits per heavy atom. The van der Waals surface area contributed by atoms with Crippen LogP contribution in [0.4, 0.5) is 5.95 Å². The number of aryl methyl sites for hydroxylation is 2. The van der Waals surface area contributed by atoms with Gasteiger partial charge in [-0.3, -0.25) is 0 Å². The molecule has 15 heavy (non-hydrogen) atoms. The van der Waals surface area contributed by atoms with E-state index in [1.54, 1.807) is 6.92 Å². The van der Waals surface area contributed by atoms with Crippen molar-refractivity contribution in [3.8, 4) is 0 Å². The van der Waals surface area contributed by atoms with Crippen LogP contribution in [-0.4, -0.2) is 27.2 Å². The van der Waals surface area contributed by atoms with Gasteiger partial charge >= 0.3 is 0 Å². The molecule has 4 heteroatoms. The highest BCUT2D eigenvalue weighted by molar-refractivity contribution is 5.28. The number of hydrogen-bond acceptors (Lipinski definition) is 4. The molecule has 0 saturated heterocycles. The van der Waals surface area contributed by atoms with E-state index >= 15 is 0 Å². The van der Waals surface area contributed by atoms with Gasteiger partial charge in [0, 0.05) is 17.9 Å². The zero-order valence-electron chi connectivity index (χ0n) is 9.83. The van der Waals surface area contributed by atoms with Crippen molar-refractivity contribution in [1.29, 1.82) is 0 Å². The zero-order chi connectivity index (χ0) is 11.5. The molecule has 4 nitrogen and oxygen atoms in total. The fraction of sp³-hybridized carbons (Fsp3) is 0.636. The molecule has 1 atom stereocenters. The predicted octanol–water partition coefficient (Wildman–Crippen LogP) is 1.67. The summed E-state index contributed by atoms with van der Waals surface area (Å²) in [5.74, 6) is 0.584. The van der Waals surface area contributed by atoms with Crippen LogP contribution in [0.5, 0.6) is 0 Å². The second kappa shape index (κ2) is 4.57. The summed E-state index contributed by atoms with van der Waals surface area (Å²) < 4.78 is 0. The van der Waals surface area contributed by atoms with Crippen molar-refractivity contribution in [3.63, 3.8) is 0 Å². The van der Waals surface area contributed by atoms with E-state index < -0.39 is 5.60 Å². The summed E-state index contributed by atoms with van der Waals surface area (Å²) in [7, 11) is 0. The SMILES string of the molecule is CCC(C)(O)CNc1nc(C)cc(C)n1. The Morgan fingerprint density at radius 3 is 2.33 bits per heavy atom. The van der Waals surface area contributed by atoms with Crippen molar-refractivity contribution < 1.29 is 5.11 Å². The van der Waals surface area contributed by atoms with Crippen molar-refractivity contribution in [2.75, 3.05) is 11.9 Å². The maximum absolute atomic E-state index is 9.81. The number of anilines is 1. The second-order valence-corrected chi connectivity index (χ2v) is 4.18. The quantitative estimate of drug-likeness (QED) is 0.792. The van der Waals surface area contributed by atoms with Gasteiger partial charge in [-0.2, -0.15) is 0 Å². The molecule has 0 aliphatic carbocycles. The van der Waals surface area contributed by atoms with Gasteiger partial charge in [-0.15, -0.1) is 0 Å². The molecular weight excluding hydrogens is 190 g/mol. The smallest absolute Gasteiger partial charge is 0.223 e. The lowest BCUT2D eigenvalue weighted by Gasteiger charge is -2.21. The van der Waals surface area contributed by atoms with Crippen LogP contribution in [0.25, 0.3) is 0 Å². The fourth-order valence-corrected chi connectivity index (χ4v) is 1.20. The molecule has 0 fully saturated rings. The topological polar surface area (TPSA) is 58.0 Å². The van der Waals surface area contributed by atoms with Crippen LogP contribution >= 0.6 is 0 Å². The van der Waals surface area contributed by atoms with E-state index in [-0.39, 0.29) is 0 Å². The minimum absolute atomic E-state index is 0.465. The number of nitrogens with one attached hydrogen (secondary N) is 1. The highest BCUT2D eigenvalue weighted by atomic mass is 16.3. The maximum Gasteiger partial charge on any atom is 0.223 e. The van der Waals surface area contributed by atoms with Crippen LogP contribution in [0.15, 0.2) is 6.07 Å². The van der Waals surface area contributed by atoms with Gasteiger partial charge in [-0.05, 0) is 33.3 Å². The molecule has 1 aromatic rings. The fourth-order valence-electron chi connectivity index (χ4n) is 1.20. The Hall–Kier alpha value is -1.16.